The molecule has 0 radical (unpaired) electrons. The van der Waals surface area contributed by atoms with Crippen molar-refractivity contribution < 1.29 is 4.79 Å². The Labute approximate surface area is 126 Å². The average molecular weight is 295 g/mol. The van der Waals surface area contributed by atoms with E-state index in [9.17, 15) is 4.79 Å². The fourth-order valence-corrected chi connectivity index (χ4v) is 1.92. The molecule has 0 aliphatic heterocycles. The number of carbonyl (C=O) groups excluding carboxylic acids is 1. The largest absolute Gasteiger partial charge is 0.337 e. The third-order valence-corrected chi connectivity index (χ3v) is 4.44. The Balaban J connectivity index is 2.61. The number of urea groups is 1. The van der Waals surface area contributed by atoms with E-state index < -0.39 is 0 Å². The van der Waals surface area contributed by atoms with E-state index in [1.54, 1.807) is 18.0 Å². The molecular weight excluding hydrogens is 270 g/mol. The molecule has 112 valence electrons. The quantitative estimate of drug-likeness (QED) is 0.847. The van der Waals surface area contributed by atoms with E-state index >= 15 is 0 Å². The second-order valence-corrected chi connectivity index (χ2v) is 7.28. The van der Waals surface area contributed by atoms with Crippen molar-refractivity contribution in [2.45, 2.75) is 38.5 Å². The number of pyridine rings is 1. The monoisotopic (exact) mass is 295 g/mol. The minimum Gasteiger partial charge on any atom is -0.337 e. The second-order valence-electron chi connectivity index (χ2n) is 5.77. The summed E-state index contributed by atoms with van der Waals surface area (Å²) in [6.07, 6.45) is 3.80. The molecule has 0 spiro atoms. The summed E-state index contributed by atoms with van der Waals surface area (Å²) in [6, 6.07) is 5.54. The smallest absolute Gasteiger partial charge is 0.315 e. The maximum absolute atomic E-state index is 12.0. The Morgan fingerprint density at radius 3 is 2.60 bits per heavy atom. The number of rotatable bonds is 6. The molecule has 0 aromatic carbocycles. The highest BCUT2D eigenvalue weighted by atomic mass is 32.2. The van der Waals surface area contributed by atoms with Crippen molar-refractivity contribution >= 4 is 17.8 Å². The third-order valence-electron chi connectivity index (χ3n) is 3.19. The van der Waals surface area contributed by atoms with E-state index in [0.29, 0.717) is 6.54 Å². The van der Waals surface area contributed by atoms with Crippen LogP contribution in [-0.2, 0) is 0 Å². The third kappa shape index (κ3) is 5.41. The van der Waals surface area contributed by atoms with Gasteiger partial charge in [0.15, 0.2) is 0 Å². The lowest BCUT2D eigenvalue weighted by atomic mass is 10.0. The molecule has 0 saturated heterocycles. The molecule has 0 unspecified atom stereocenters. The topological polar surface area (TPSA) is 54.0 Å². The molecule has 0 aliphatic rings. The van der Waals surface area contributed by atoms with Gasteiger partial charge in [-0.3, -0.25) is 4.98 Å². The first-order valence-corrected chi connectivity index (χ1v) is 8.08. The molecule has 0 saturated carbocycles. The highest BCUT2D eigenvalue weighted by Gasteiger charge is 2.21. The number of hydrogen-bond donors (Lipinski definition) is 2. The van der Waals surface area contributed by atoms with Gasteiger partial charge in [-0.15, -0.1) is 0 Å². The summed E-state index contributed by atoms with van der Waals surface area (Å²) in [5.41, 5.74) is 0.891. The first-order chi connectivity index (χ1) is 9.35. The Morgan fingerprint density at radius 1 is 1.40 bits per heavy atom. The van der Waals surface area contributed by atoms with Crippen LogP contribution in [0.1, 0.15) is 39.4 Å². The lowest BCUT2D eigenvalue weighted by Crippen LogP contribution is -2.44. The molecule has 0 fully saturated rings. The molecule has 1 rings (SSSR count). The van der Waals surface area contributed by atoms with Gasteiger partial charge in [-0.25, -0.2) is 4.79 Å². The highest BCUT2D eigenvalue weighted by Crippen LogP contribution is 2.21. The standard InChI is InChI=1S/C15H25N3OS/c1-11(2)13(12-8-6-7-9-16-12)18-14(19)17-10-15(3,4)20-5/h6-9,11,13H,10H2,1-5H3,(H2,17,18,19)/t13-/m1/s1. The minimum atomic E-state index is -0.142. The van der Waals surface area contributed by atoms with E-state index in [1.807, 2.05) is 24.5 Å². The first-order valence-electron chi connectivity index (χ1n) is 6.86. The van der Waals surface area contributed by atoms with Crippen LogP contribution in [-0.4, -0.2) is 28.6 Å². The average Bonchev–Trinajstić information content (AvgIpc) is 2.43. The normalized spacial score (nSPS) is 13.1. The molecule has 1 aromatic heterocycles. The molecule has 4 nitrogen and oxygen atoms in total. The van der Waals surface area contributed by atoms with Gasteiger partial charge < -0.3 is 10.6 Å². The summed E-state index contributed by atoms with van der Waals surface area (Å²) in [6.45, 7) is 9.00. The number of nitrogens with one attached hydrogen (secondary N) is 2. The molecule has 20 heavy (non-hydrogen) atoms. The van der Waals surface area contributed by atoms with Crippen molar-refractivity contribution in [3.05, 3.63) is 30.1 Å². The second kappa shape index (κ2) is 7.53. The number of aromatic nitrogens is 1. The van der Waals surface area contributed by atoms with Crippen LogP contribution >= 0.6 is 11.8 Å². The Hall–Kier alpha value is -1.23. The van der Waals surface area contributed by atoms with Crippen LogP contribution in [0.4, 0.5) is 4.79 Å². The van der Waals surface area contributed by atoms with Crippen molar-refractivity contribution in [2.24, 2.45) is 5.92 Å². The van der Waals surface area contributed by atoms with E-state index in [4.69, 9.17) is 0 Å². The van der Waals surface area contributed by atoms with Crippen LogP contribution in [0.25, 0.3) is 0 Å². The summed E-state index contributed by atoms with van der Waals surface area (Å²) < 4.78 is 0.0374. The van der Waals surface area contributed by atoms with Crippen LogP contribution in [0.5, 0.6) is 0 Å². The van der Waals surface area contributed by atoms with Gasteiger partial charge in [0.1, 0.15) is 0 Å². The predicted molar refractivity (Wildman–Crippen MR) is 85.9 cm³/mol. The molecule has 0 bridgehead atoms. The van der Waals surface area contributed by atoms with Crippen molar-refractivity contribution in [2.75, 3.05) is 12.8 Å². The molecular formula is C15H25N3OS. The van der Waals surface area contributed by atoms with Gasteiger partial charge in [0, 0.05) is 17.5 Å². The van der Waals surface area contributed by atoms with E-state index in [2.05, 4.69) is 43.3 Å². The Morgan fingerprint density at radius 2 is 2.10 bits per heavy atom. The van der Waals surface area contributed by atoms with Gasteiger partial charge in [-0.2, -0.15) is 11.8 Å². The van der Waals surface area contributed by atoms with Crippen LogP contribution < -0.4 is 10.6 Å². The maximum Gasteiger partial charge on any atom is 0.315 e. The molecule has 0 aliphatic carbocycles. The predicted octanol–water partition coefficient (Wildman–Crippen LogP) is 3.22. The number of thioether (sulfide) groups is 1. The van der Waals surface area contributed by atoms with E-state index in [1.165, 1.54) is 0 Å². The number of hydrogen-bond acceptors (Lipinski definition) is 3. The fourth-order valence-electron chi connectivity index (χ4n) is 1.70. The molecule has 1 aromatic rings. The summed E-state index contributed by atoms with van der Waals surface area (Å²) in [5, 5.41) is 5.94. The van der Waals surface area contributed by atoms with E-state index in [0.717, 1.165) is 5.69 Å². The molecule has 2 N–H and O–H groups in total. The van der Waals surface area contributed by atoms with Gasteiger partial charge in [0.05, 0.1) is 11.7 Å². The zero-order valence-electron chi connectivity index (χ0n) is 12.9. The van der Waals surface area contributed by atoms with Crippen molar-refractivity contribution in [1.82, 2.24) is 15.6 Å². The van der Waals surface area contributed by atoms with Gasteiger partial charge in [-0.05, 0) is 38.2 Å². The number of nitrogens with zero attached hydrogens (tertiary/aromatic N) is 1. The lowest BCUT2D eigenvalue weighted by molar-refractivity contribution is 0.232. The van der Waals surface area contributed by atoms with Gasteiger partial charge in [0.2, 0.25) is 0 Å². The summed E-state index contributed by atoms with van der Waals surface area (Å²) >= 11 is 1.74. The van der Waals surface area contributed by atoms with Crippen molar-refractivity contribution in [3.63, 3.8) is 0 Å². The van der Waals surface area contributed by atoms with Crippen molar-refractivity contribution in [3.8, 4) is 0 Å². The Kier molecular flexibility index (Phi) is 6.33. The zero-order chi connectivity index (χ0) is 15.2. The van der Waals surface area contributed by atoms with Gasteiger partial charge in [-0.1, -0.05) is 19.9 Å². The fraction of sp³-hybridized carbons (Fsp3) is 0.600. The van der Waals surface area contributed by atoms with Crippen LogP contribution in [0, 0.1) is 5.92 Å². The lowest BCUT2D eigenvalue weighted by Gasteiger charge is -2.25. The number of amides is 2. The summed E-state index contributed by atoms with van der Waals surface area (Å²) in [4.78, 5) is 16.4. The Bertz CT molecular complexity index is 420. The van der Waals surface area contributed by atoms with Crippen molar-refractivity contribution in [1.29, 1.82) is 0 Å². The van der Waals surface area contributed by atoms with Crippen LogP contribution in [0.2, 0.25) is 0 Å². The van der Waals surface area contributed by atoms with Crippen LogP contribution in [0.15, 0.2) is 24.4 Å². The highest BCUT2D eigenvalue weighted by molar-refractivity contribution is 7.99. The maximum atomic E-state index is 12.0. The SMILES string of the molecule is CSC(C)(C)CNC(=O)N[C@@H](c1ccccn1)C(C)C. The summed E-state index contributed by atoms with van der Waals surface area (Å²) in [7, 11) is 0. The first kappa shape index (κ1) is 16.8. The van der Waals surface area contributed by atoms with Gasteiger partial charge in [0.25, 0.3) is 0 Å². The zero-order valence-corrected chi connectivity index (χ0v) is 13.8. The summed E-state index contributed by atoms with van der Waals surface area (Å²) in [5.74, 6) is 0.282. The molecule has 5 heteroatoms. The van der Waals surface area contributed by atoms with Crippen LogP contribution in [0.3, 0.4) is 0 Å². The minimum absolute atomic E-state index is 0.0374. The molecule has 1 heterocycles. The van der Waals surface area contributed by atoms with Gasteiger partial charge >= 0.3 is 6.03 Å². The number of carbonyl (C=O) groups is 1. The van der Waals surface area contributed by atoms with E-state index in [-0.39, 0.29) is 22.7 Å². The molecule has 2 amide bonds. The molecule has 1 atom stereocenters.